The quantitative estimate of drug-likeness (QED) is 0.735. The van der Waals surface area contributed by atoms with E-state index in [1.54, 1.807) is 22.8 Å². The molecule has 1 fully saturated rings. The standard InChI is InChI=1S/C13H13Cl2NS/c1-10-2-4-11(5-3-10)16-8-12(6-14)17-13(7-15)9-16/h2-7H,8-9H2,1H3/b12-6+,13-7+. The summed E-state index contributed by atoms with van der Waals surface area (Å²) in [4.78, 5) is 4.49. The number of rotatable bonds is 1. The van der Waals surface area contributed by atoms with Crippen LogP contribution in [0.2, 0.25) is 0 Å². The maximum atomic E-state index is 5.80. The highest BCUT2D eigenvalue weighted by Crippen LogP contribution is 2.35. The van der Waals surface area contributed by atoms with Gasteiger partial charge in [0.05, 0.1) is 13.1 Å². The second-order valence-electron chi connectivity index (χ2n) is 3.94. The summed E-state index contributed by atoms with van der Waals surface area (Å²) in [6, 6.07) is 8.49. The van der Waals surface area contributed by atoms with Crippen LogP contribution in [0.1, 0.15) is 5.56 Å². The van der Waals surface area contributed by atoms with Gasteiger partial charge in [0.2, 0.25) is 0 Å². The van der Waals surface area contributed by atoms with Gasteiger partial charge in [-0.25, -0.2) is 0 Å². The molecule has 1 aromatic carbocycles. The second kappa shape index (κ2) is 5.85. The molecule has 4 heteroatoms. The minimum atomic E-state index is 0.839. The average Bonchev–Trinajstić information content (AvgIpc) is 2.39. The van der Waals surface area contributed by atoms with E-state index in [0.29, 0.717) is 0 Å². The lowest BCUT2D eigenvalue weighted by Crippen LogP contribution is -2.30. The highest BCUT2D eigenvalue weighted by Gasteiger charge is 2.18. The molecule has 1 aliphatic rings. The van der Waals surface area contributed by atoms with Gasteiger partial charge in [0, 0.05) is 26.6 Å². The summed E-state index contributed by atoms with van der Waals surface area (Å²) in [5, 5.41) is 0. The number of hydrogen-bond acceptors (Lipinski definition) is 2. The zero-order chi connectivity index (χ0) is 12.3. The molecule has 1 heterocycles. The average molecular weight is 286 g/mol. The zero-order valence-electron chi connectivity index (χ0n) is 9.49. The Kier molecular flexibility index (Phi) is 4.43. The maximum absolute atomic E-state index is 5.80. The monoisotopic (exact) mass is 285 g/mol. The van der Waals surface area contributed by atoms with Gasteiger partial charge in [-0.3, -0.25) is 0 Å². The molecule has 0 N–H and O–H groups in total. The molecule has 0 aromatic heterocycles. The van der Waals surface area contributed by atoms with Gasteiger partial charge < -0.3 is 4.90 Å². The Morgan fingerprint density at radius 2 is 1.59 bits per heavy atom. The molecule has 0 unspecified atom stereocenters. The van der Waals surface area contributed by atoms with Crippen molar-refractivity contribution >= 4 is 40.7 Å². The Morgan fingerprint density at radius 1 is 1.06 bits per heavy atom. The molecule has 90 valence electrons. The number of hydrogen-bond donors (Lipinski definition) is 0. The number of thioether (sulfide) groups is 1. The van der Waals surface area contributed by atoms with Crippen molar-refractivity contribution in [1.82, 2.24) is 0 Å². The Bertz CT molecular complexity index is 431. The molecule has 0 bridgehead atoms. The summed E-state index contributed by atoms with van der Waals surface area (Å²) >= 11 is 13.3. The van der Waals surface area contributed by atoms with Crippen molar-refractivity contribution in [3.8, 4) is 0 Å². The van der Waals surface area contributed by atoms with Crippen LogP contribution < -0.4 is 4.90 Å². The van der Waals surface area contributed by atoms with E-state index in [0.717, 1.165) is 22.9 Å². The maximum Gasteiger partial charge on any atom is 0.0505 e. The van der Waals surface area contributed by atoms with E-state index >= 15 is 0 Å². The van der Waals surface area contributed by atoms with Crippen molar-refractivity contribution in [1.29, 1.82) is 0 Å². The van der Waals surface area contributed by atoms with Gasteiger partial charge in [-0.15, -0.1) is 0 Å². The van der Waals surface area contributed by atoms with Gasteiger partial charge >= 0.3 is 0 Å². The van der Waals surface area contributed by atoms with Crippen molar-refractivity contribution in [3.63, 3.8) is 0 Å². The topological polar surface area (TPSA) is 3.24 Å². The van der Waals surface area contributed by atoms with Crippen LogP contribution in [-0.2, 0) is 0 Å². The fraction of sp³-hybridized carbons (Fsp3) is 0.231. The van der Waals surface area contributed by atoms with Crippen LogP contribution in [0.3, 0.4) is 0 Å². The third-order valence-electron chi connectivity index (χ3n) is 2.60. The lowest BCUT2D eigenvalue weighted by molar-refractivity contribution is 0.929. The van der Waals surface area contributed by atoms with Crippen LogP contribution in [0.4, 0.5) is 5.69 Å². The molecular formula is C13H13Cl2NS. The van der Waals surface area contributed by atoms with Gasteiger partial charge in [-0.1, -0.05) is 52.7 Å². The summed E-state index contributed by atoms with van der Waals surface area (Å²) in [6.07, 6.45) is 0. The summed E-state index contributed by atoms with van der Waals surface area (Å²) in [5.74, 6) is 0. The summed E-state index contributed by atoms with van der Waals surface area (Å²) in [5.41, 5.74) is 5.72. The molecule has 2 rings (SSSR count). The van der Waals surface area contributed by atoms with Crippen LogP contribution >= 0.6 is 35.0 Å². The summed E-state index contributed by atoms with van der Waals surface area (Å²) < 4.78 is 0. The van der Waals surface area contributed by atoms with Crippen molar-refractivity contribution in [2.45, 2.75) is 6.92 Å². The van der Waals surface area contributed by atoms with Gasteiger partial charge in [-0.2, -0.15) is 0 Å². The fourth-order valence-corrected chi connectivity index (χ4v) is 2.99. The van der Waals surface area contributed by atoms with Crippen molar-refractivity contribution in [2.24, 2.45) is 0 Å². The molecule has 0 aliphatic carbocycles. The molecule has 17 heavy (non-hydrogen) atoms. The van der Waals surface area contributed by atoms with Crippen LogP contribution in [0.15, 0.2) is 45.1 Å². The van der Waals surface area contributed by atoms with Crippen LogP contribution in [0.5, 0.6) is 0 Å². The SMILES string of the molecule is Cc1ccc(N2C/C(=C\Cl)S/C(=C/Cl)C2)cc1. The minimum Gasteiger partial charge on any atom is -0.362 e. The number of benzene rings is 1. The Labute approximate surface area is 116 Å². The largest absolute Gasteiger partial charge is 0.362 e. The fourth-order valence-electron chi connectivity index (χ4n) is 1.72. The molecular weight excluding hydrogens is 273 g/mol. The molecule has 0 amide bonds. The van der Waals surface area contributed by atoms with Crippen molar-refractivity contribution in [3.05, 3.63) is 50.7 Å². The first-order chi connectivity index (χ1) is 8.22. The Balaban J connectivity index is 2.23. The van der Waals surface area contributed by atoms with E-state index in [-0.39, 0.29) is 0 Å². The molecule has 1 nitrogen and oxygen atoms in total. The van der Waals surface area contributed by atoms with E-state index in [1.807, 2.05) is 0 Å². The van der Waals surface area contributed by atoms with E-state index in [1.165, 1.54) is 11.3 Å². The summed E-state index contributed by atoms with van der Waals surface area (Å²) in [6.45, 7) is 3.76. The normalized spacial score (nSPS) is 21.2. The molecule has 1 saturated heterocycles. The summed E-state index contributed by atoms with van der Waals surface area (Å²) in [7, 11) is 0. The van der Waals surface area contributed by atoms with Gasteiger partial charge in [-0.05, 0) is 19.1 Å². The van der Waals surface area contributed by atoms with E-state index in [4.69, 9.17) is 23.2 Å². The highest BCUT2D eigenvalue weighted by molar-refractivity contribution is 8.07. The van der Waals surface area contributed by atoms with Crippen molar-refractivity contribution in [2.75, 3.05) is 18.0 Å². The van der Waals surface area contributed by atoms with E-state index < -0.39 is 0 Å². The van der Waals surface area contributed by atoms with E-state index in [2.05, 4.69) is 36.1 Å². The van der Waals surface area contributed by atoms with Crippen molar-refractivity contribution < 1.29 is 0 Å². The third-order valence-corrected chi connectivity index (χ3v) is 4.40. The smallest absolute Gasteiger partial charge is 0.0505 e. The predicted molar refractivity (Wildman–Crippen MR) is 78.9 cm³/mol. The van der Waals surface area contributed by atoms with Gasteiger partial charge in [0.25, 0.3) is 0 Å². The van der Waals surface area contributed by atoms with Crippen LogP contribution in [0.25, 0.3) is 0 Å². The third kappa shape index (κ3) is 3.21. The van der Waals surface area contributed by atoms with Crippen LogP contribution in [-0.4, -0.2) is 13.1 Å². The number of halogens is 2. The molecule has 1 aliphatic heterocycles. The Hall–Kier alpha value is -0.570. The second-order valence-corrected chi connectivity index (χ2v) is 5.63. The first-order valence-electron chi connectivity index (χ1n) is 5.31. The number of anilines is 1. The predicted octanol–water partition coefficient (Wildman–Crippen LogP) is 4.71. The lowest BCUT2D eigenvalue weighted by Gasteiger charge is -2.31. The molecule has 0 radical (unpaired) electrons. The van der Waals surface area contributed by atoms with Gasteiger partial charge in [0.1, 0.15) is 0 Å². The molecule has 0 atom stereocenters. The van der Waals surface area contributed by atoms with E-state index in [9.17, 15) is 0 Å². The minimum absolute atomic E-state index is 0.839. The first kappa shape index (κ1) is 12.9. The first-order valence-corrected chi connectivity index (χ1v) is 7.00. The molecule has 1 aromatic rings. The van der Waals surface area contributed by atoms with Crippen LogP contribution in [0, 0.1) is 6.92 Å². The highest BCUT2D eigenvalue weighted by atomic mass is 35.5. The number of nitrogens with zero attached hydrogens (tertiary/aromatic N) is 1. The number of aryl methyl sites for hydroxylation is 1. The Morgan fingerprint density at radius 3 is 2.06 bits per heavy atom. The lowest BCUT2D eigenvalue weighted by atomic mass is 10.2. The molecule has 0 spiro atoms. The van der Waals surface area contributed by atoms with Gasteiger partial charge in [0.15, 0.2) is 0 Å². The zero-order valence-corrected chi connectivity index (χ0v) is 11.8. The molecule has 0 saturated carbocycles.